The van der Waals surface area contributed by atoms with Gasteiger partial charge in [0.1, 0.15) is 12.4 Å². The fraction of sp³-hybridized carbons (Fsp3) is 0.100. The molecule has 0 bridgehead atoms. The summed E-state index contributed by atoms with van der Waals surface area (Å²) in [7, 11) is 0. The Morgan fingerprint density at radius 2 is 1.72 bits per heavy atom. The molecular weight excluding hydrogens is 442 g/mol. The molecule has 3 rings (SSSR count). The molecule has 0 saturated heterocycles. The van der Waals surface area contributed by atoms with Crippen LogP contribution >= 0.6 is 15.9 Å². The van der Waals surface area contributed by atoms with E-state index in [4.69, 9.17) is 5.11 Å². The molecule has 29 heavy (non-hydrogen) atoms. The van der Waals surface area contributed by atoms with Crippen LogP contribution in [0.25, 0.3) is 11.4 Å². The van der Waals surface area contributed by atoms with Crippen LogP contribution in [0.5, 0.6) is 5.88 Å². The molecule has 0 saturated carbocycles. The number of nitrogens with zero attached hydrogens (tertiary/aromatic N) is 2. The highest BCUT2D eigenvalue weighted by atomic mass is 79.9. The van der Waals surface area contributed by atoms with Gasteiger partial charge in [-0.15, -0.1) is 0 Å². The SMILES string of the molecule is O=C(O)CNC(=O)c1c(O)nc(-c2ccccc2Br)n(Cc2ccccc2)c1=O. The first kappa shape index (κ1) is 20.3. The lowest BCUT2D eigenvalue weighted by molar-refractivity contribution is -0.135. The van der Waals surface area contributed by atoms with Crippen molar-refractivity contribution < 1.29 is 19.8 Å². The Kier molecular flexibility index (Phi) is 6.08. The highest BCUT2D eigenvalue weighted by Crippen LogP contribution is 2.28. The van der Waals surface area contributed by atoms with E-state index in [0.717, 1.165) is 5.56 Å². The fourth-order valence-electron chi connectivity index (χ4n) is 2.75. The number of hydrogen-bond acceptors (Lipinski definition) is 5. The average Bonchev–Trinajstić information content (AvgIpc) is 2.69. The molecule has 0 radical (unpaired) electrons. The average molecular weight is 458 g/mol. The van der Waals surface area contributed by atoms with E-state index in [0.29, 0.717) is 10.0 Å². The van der Waals surface area contributed by atoms with Gasteiger partial charge in [-0.3, -0.25) is 19.0 Å². The van der Waals surface area contributed by atoms with Crippen molar-refractivity contribution in [2.45, 2.75) is 6.54 Å². The summed E-state index contributed by atoms with van der Waals surface area (Å²) in [5, 5.41) is 21.1. The van der Waals surface area contributed by atoms with E-state index in [1.807, 2.05) is 30.3 Å². The van der Waals surface area contributed by atoms with Gasteiger partial charge in [0.15, 0.2) is 5.56 Å². The number of aromatic nitrogens is 2. The number of halogens is 1. The van der Waals surface area contributed by atoms with Crippen molar-refractivity contribution in [3.63, 3.8) is 0 Å². The summed E-state index contributed by atoms with van der Waals surface area (Å²) >= 11 is 3.41. The van der Waals surface area contributed by atoms with Crippen LogP contribution in [0.15, 0.2) is 63.9 Å². The highest BCUT2D eigenvalue weighted by molar-refractivity contribution is 9.10. The Morgan fingerprint density at radius 3 is 2.38 bits per heavy atom. The second-order valence-electron chi connectivity index (χ2n) is 6.07. The molecule has 0 unspecified atom stereocenters. The largest absolute Gasteiger partial charge is 0.493 e. The first-order chi connectivity index (χ1) is 13.9. The third kappa shape index (κ3) is 4.52. The van der Waals surface area contributed by atoms with E-state index < -0.39 is 35.4 Å². The fourth-order valence-corrected chi connectivity index (χ4v) is 3.21. The van der Waals surface area contributed by atoms with Crippen molar-refractivity contribution in [1.82, 2.24) is 14.9 Å². The predicted octanol–water partition coefficient (Wildman–Crippen LogP) is 2.24. The Hall–Kier alpha value is -3.46. The molecule has 3 N–H and O–H groups in total. The summed E-state index contributed by atoms with van der Waals surface area (Å²) in [6, 6.07) is 16.1. The minimum Gasteiger partial charge on any atom is -0.493 e. The molecule has 0 aliphatic heterocycles. The van der Waals surface area contributed by atoms with Crippen molar-refractivity contribution >= 4 is 27.8 Å². The number of carboxylic acids is 1. The number of hydrogen-bond donors (Lipinski definition) is 3. The molecule has 0 spiro atoms. The van der Waals surface area contributed by atoms with Crippen molar-refractivity contribution in [2.24, 2.45) is 0 Å². The molecule has 3 aromatic rings. The number of nitrogens with one attached hydrogen (secondary N) is 1. The number of carbonyl (C=O) groups excluding carboxylic acids is 1. The van der Waals surface area contributed by atoms with Gasteiger partial charge >= 0.3 is 5.97 Å². The molecular formula is C20H16BrN3O5. The maximum Gasteiger partial charge on any atom is 0.322 e. The van der Waals surface area contributed by atoms with Crippen molar-refractivity contribution in [2.75, 3.05) is 6.54 Å². The van der Waals surface area contributed by atoms with Gasteiger partial charge in [0.05, 0.1) is 6.54 Å². The molecule has 9 heteroatoms. The first-order valence-electron chi connectivity index (χ1n) is 8.51. The zero-order chi connectivity index (χ0) is 21.0. The zero-order valence-electron chi connectivity index (χ0n) is 15.0. The molecule has 1 aromatic heterocycles. The quantitative estimate of drug-likeness (QED) is 0.521. The summed E-state index contributed by atoms with van der Waals surface area (Å²) < 4.78 is 1.92. The van der Waals surface area contributed by atoms with Gasteiger partial charge in [-0.05, 0) is 11.6 Å². The van der Waals surface area contributed by atoms with Crippen LogP contribution in [-0.2, 0) is 11.3 Å². The van der Waals surface area contributed by atoms with Crippen LogP contribution < -0.4 is 10.9 Å². The number of carboxylic acid groups (broad SMARTS) is 1. The second-order valence-corrected chi connectivity index (χ2v) is 6.92. The number of aliphatic carboxylic acids is 1. The molecule has 2 aromatic carbocycles. The van der Waals surface area contributed by atoms with Gasteiger partial charge in [-0.25, -0.2) is 0 Å². The van der Waals surface area contributed by atoms with E-state index in [1.165, 1.54) is 4.57 Å². The van der Waals surface area contributed by atoms with E-state index in [2.05, 4.69) is 26.2 Å². The standard InChI is InChI=1S/C20H16BrN3O5/c21-14-9-5-4-8-13(14)17-23-19(28)16(18(27)22-10-15(25)26)20(29)24(17)11-12-6-2-1-3-7-12/h1-9,28H,10-11H2,(H,22,27)(H,25,26). The summed E-state index contributed by atoms with van der Waals surface area (Å²) in [6.45, 7) is -0.592. The molecule has 8 nitrogen and oxygen atoms in total. The lowest BCUT2D eigenvalue weighted by Crippen LogP contribution is -2.36. The van der Waals surface area contributed by atoms with Gasteiger partial charge in [0.2, 0.25) is 5.88 Å². The van der Waals surface area contributed by atoms with E-state index >= 15 is 0 Å². The van der Waals surface area contributed by atoms with Crippen LogP contribution in [0, 0.1) is 0 Å². The van der Waals surface area contributed by atoms with Crippen LogP contribution in [-0.4, -0.2) is 38.2 Å². The van der Waals surface area contributed by atoms with Gasteiger partial charge in [-0.2, -0.15) is 4.98 Å². The normalized spacial score (nSPS) is 10.5. The summed E-state index contributed by atoms with van der Waals surface area (Å²) in [5.74, 6) is -2.89. The van der Waals surface area contributed by atoms with Crippen LogP contribution in [0.2, 0.25) is 0 Å². The Balaban J connectivity index is 2.19. The van der Waals surface area contributed by atoms with Gasteiger partial charge in [0, 0.05) is 10.0 Å². The van der Waals surface area contributed by atoms with Crippen molar-refractivity contribution in [3.05, 3.63) is 80.6 Å². The molecule has 1 amide bonds. The third-order valence-corrected chi connectivity index (χ3v) is 4.77. The number of benzene rings is 2. The van der Waals surface area contributed by atoms with Gasteiger partial charge in [0.25, 0.3) is 11.5 Å². The second kappa shape index (κ2) is 8.70. The maximum atomic E-state index is 13.1. The lowest BCUT2D eigenvalue weighted by atomic mass is 10.1. The maximum absolute atomic E-state index is 13.1. The summed E-state index contributed by atoms with van der Waals surface area (Å²) in [6.07, 6.45) is 0. The van der Waals surface area contributed by atoms with Crippen LogP contribution in [0.1, 0.15) is 15.9 Å². The van der Waals surface area contributed by atoms with E-state index in [9.17, 15) is 19.5 Å². The minimum atomic E-state index is -1.28. The lowest BCUT2D eigenvalue weighted by Gasteiger charge is -2.16. The van der Waals surface area contributed by atoms with Crippen molar-refractivity contribution in [3.8, 4) is 17.3 Å². The molecule has 0 aliphatic carbocycles. The highest BCUT2D eigenvalue weighted by Gasteiger charge is 2.24. The Morgan fingerprint density at radius 1 is 1.07 bits per heavy atom. The predicted molar refractivity (Wildman–Crippen MR) is 109 cm³/mol. The third-order valence-electron chi connectivity index (χ3n) is 4.08. The topological polar surface area (TPSA) is 122 Å². The number of amides is 1. The minimum absolute atomic E-state index is 0.100. The number of aromatic hydroxyl groups is 1. The molecule has 0 aliphatic rings. The van der Waals surface area contributed by atoms with Crippen LogP contribution in [0.4, 0.5) is 0 Å². The molecule has 1 heterocycles. The number of rotatable bonds is 6. The smallest absolute Gasteiger partial charge is 0.322 e. The van der Waals surface area contributed by atoms with Crippen molar-refractivity contribution in [1.29, 1.82) is 0 Å². The van der Waals surface area contributed by atoms with E-state index in [-0.39, 0.29) is 12.4 Å². The monoisotopic (exact) mass is 457 g/mol. The van der Waals surface area contributed by atoms with Gasteiger partial charge < -0.3 is 15.5 Å². The van der Waals surface area contributed by atoms with Gasteiger partial charge in [-0.1, -0.05) is 64.5 Å². The number of carbonyl (C=O) groups is 2. The summed E-state index contributed by atoms with van der Waals surface area (Å²) in [4.78, 5) is 40.2. The Bertz CT molecular complexity index is 1130. The van der Waals surface area contributed by atoms with E-state index in [1.54, 1.807) is 24.3 Å². The first-order valence-corrected chi connectivity index (χ1v) is 9.30. The Labute approximate surface area is 173 Å². The molecule has 0 fully saturated rings. The molecule has 148 valence electrons. The summed E-state index contributed by atoms with van der Waals surface area (Å²) in [5.41, 5.74) is -0.0615. The molecule has 0 atom stereocenters. The zero-order valence-corrected chi connectivity index (χ0v) is 16.6. The van der Waals surface area contributed by atoms with Crippen LogP contribution in [0.3, 0.4) is 0 Å².